The van der Waals surface area contributed by atoms with E-state index < -0.39 is 8.83 Å². The highest BCUT2D eigenvalue weighted by molar-refractivity contribution is 6.94. The Hall–Kier alpha value is -1.05. The van der Waals surface area contributed by atoms with Gasteiger partial charge in [-0.25, -0.2) is 0 Å². The highest BCUT2D eigenvalue weighted by Crippen LogP contribution is 2.26. The lowest BCUT2D eigenvalue weighted by Crippen LogP contribution is -2.06. The molecule has 0 aliphatic rings. The Morgan fingerprint density at radius 3 is 2.18 bits per heavy atom. The maximum Gasteiger partial charge on any atom is 0.137 e. The van der Waals surface area contributed by atoms with Crippen LogP contribution in [0.4, 0.5) is 0 Å². The molecule has 0 aliphatic heterocycles. The molecule has 17 heavy (non-hydrogen) atoms. The number of hydrogen-bond acceptors (Lipinski definition) is 0. The van der Waals surface area contributed by atoms with E-state index in [1.807, 2.05) is 0 Å². The van der Waals surface area contributed by atoms with Gasteiger partial charge in [-0.15, -0.1) is 0 Å². The second-order valence-corrected chi connectivity index (χ2v) is 6.51. The van der Waals surface area contributed by atoms with E-state index in [4.69, 9.17) is 11.1 Å². The van der Waals surface area contributed by atoms with Crippen molar-refractivity contribution in [1.29, 1.82) is 0 Å². The van der Waals surface area contributed by atoms with Crippen LogP contribution in [-0.2, 0) is 0 Å². The zero-order valence-corrected chi connectivity index (χ0v) is 12.5. The molecule has 0 N–H and O–H groups in total. The van der Waals surface area contributed by atoms with Crippen molar-refractivity contribution in [3.05, 3.63) is 70.8 Å². The van der Waals surface area contributed by atoms with Crippen LogP contribution in [0.1, 0.15) is 27.8 Å². The standard InChI is InChI=1S/C15H17ClSi/c1-11-8-9-14(10-12(11)2)15(17-16)13-6-4-3-5-7-13/h3-10,15H,17H2,1-2H3. The van der Waals surface area contributed by atoms with Crippen LogP contribution < -0.4 is 0 Å². The summed E-state index contributed by atoms with van der Waals surface area (Å²) in [5.74, 6) is 0. The molecule has 88 valence electrons. The maximum absolute atomic E-state index is 6.27. The Balaban J connectivity index is 2.39. The van der Waals surface area contributed by atoms with Crippen LogP contribution in [0.3, 0.4) is 0 Å². The summed E-state index contributed by atoms with van der Waals surface area (Å²) in [6.07, 6.45) is 0. The van der Waals surface area contributed by atoms with Gasteiger partial charge in [0.05, 0.1) is 0 Å². The summed E-state index contributed by atoms with van der Waals surface area (Å²) < 4.78 is 0. The van der Waals surface area contributed by atoms with Crippen molar-refractivity contribution in [1.82, 2.24) is 0 Å². The monoisotopic (exact) mass is 260 g/mol. The van der Waals surface area contributed by atoms with Gasteiger partial charge in [-0.3, -0.25) is 0 Å². The molecule has 2 aromatic rings. The number of halogens is 1. The molecular weight excluding hydrogens is 244 g/mol. The Morgan fingerprint density at radius 2 is 1.59 bits per heavy atom. The molecule has 1 atom stereocenters. The number of hydrogen-bond donors (Lipinski definition) is 0. The average molecular weight is 261 g/mol. The van der Waals surface area contributed by atoms with Crippen LogP contribution in [0.25, 0.3) is 0 Å². The van der Waals surface area contributed by atoms with Crippen molar-refractivity contribution in [2.24, 2.45) is 0 Å². The minimum Gasteiger partial charge on any atom is -0.175 e. The van der Waals surface area contributed by atoms with E-state index >= 15 is 0 Å². The van der Waals surface area contributed by atoms with Crippen LogP contribution in [0.5, 0.6) is 0 Å². The van der Waals surface area contributed by atoms with Gasteiger partial charge >= 0.3 is 0 Å². The van der Waals surface area contributed by atoms with Gasteiger partial charge in [-0.05, 0) is 36.1 Å². The van der Waals surface area contributed by atoms with E-state index in [1.54, 1.807) is 0 Å². The van der Waals surface area contributed by atoms with Crippen molar-refractivity contribution in [3.63, 3.8) is 0 Å². The number of benzene rings is 2. The molecular formula is C15H17ClSi. The smallest absolute Gasteiger partial charge is 0.137 e. The molecule has 1 unspecified atom stereocenters. The molecule has 2 heteroatoms. The normalized spacial score (nSPS) is 13.1. The van der Waals surface area contributed by atoms with E-state index in [2.05, 4.69) is 62.4 Å². The predicted molar refractivity (Wildman–Crippen MR) is 78.6 cm³/mol. The molecule has 0 spiro atoms. The third kappa shape index (κ3) is 2.79. The fraction of sp³-hybridized carbons (Fsp3) is 0.200. The molecule has 0 heterocycles. The molecule has 0 nitrogen and oxygen atoms in total. The van der Waals surface area contributed by atoms with Crippen molar-refractivity contribution >= 4 is 19.9 Å². The SMILES string of the molecule is Cc1ccc(C([SiH2]Cl)c2ccccc2)cc1C. The molecule has 0 aromatic heterocycles. The van der Waals surface area contributed by atoms with Gasteiger partial charge in [0.2, 0.25) is 0 Å². The van der Waals surface area contributed by atoms with Gasteiger partial charge in [0, 0.05) is 5.54 Å². The molecule has 0 aliphatic carbocycles. The lowest BCUT2D eigenvalue weighted by Gasteiger charge is -2.15. The van der Waals surface area contributed by atoms with Crippen LogP contribution in [0.2, 0.25) is 0 Å². The minimum absolute atomic E-state index is 0.428. The van der Waals surface area contributed by atoms with E-state index in [9.17, 15) is 0 Å². The second-order valence-electron chi connectivity index (χ2n) is 4.46. The lowest BCUT2D eigenvalue weighted by molar-refractivity contribution is 1.12. The van der Waals surface area contributed by atoms with Crippen LogP contribution in [0, 0.1) is 13.8 Å². The largest absolute Gasteiger partial charge is 0.175 e. The molecule has 0 fully saturated rings. The zero-order valence-electron chi connectivity index (χ0n) is 10.3. The van der Waals surface area contributed by atoms with Gasteiger partial charge < -0.3 is 0 Å². The van der Waals surface area contributed by atoms with E-state index in [-0.39, 0.29) is 0 Å². The topological polar surface area (TPSA) is 0 Å². The van der Waals surface area contributed by atoms with Crippen LogP contribution in [-0.4, -0.2) is 8.83 Å². The van der Waals surface area contributed by atoms with E-state index in [0.717, 1.165) is 0 Å². The van der Waals surface area contributed by atoms with Gasteiger partial charge in [-0.2, -0.15) is 11.1 Å². The Labute approximate surface area is 110 Å². The quantitative estimate of drug-likeness (QED) is 0.583. The van der Waals surface area contributed by atoms with E-state index in [1.165, 1.54) is 22.3 Å². The predicted octanol–water partition coefficient (Wildman–Crippen LogP) is 3.72. The van der Waals surface area contributed by atoms with Crippen molar-refractivity contribution < 1.29 is 0 Å². The first kappa shape index (κ1) is 12.4. The lowest BCUT2D eigenvalue weighted by atomic mass is 10.00. The maximum atomic E-state index is 6.27. The minimum atomic E-state index is -0.625. The Morgan fingerprint density at radius 1 is 0.882 bits per heavy atom. The second kappa shape index (κ2) is 5.52. The number of aryl methyl sites for hydroxylation is 2. The fourth-order valence-electron chi connectivity index (χ4n) is 2.04. The highest BCUT2D eigenvalue weighted by Gasteiger charge is 2.13. The first-order valence-electron chi connectivity index (χ1n) is 5.90. The summed E-state index contributed by atoms with van der Waals surface area (Å²) >= 11 is 6.27. The van der Waals surface area contributed by atoms with E-state index in [0.29, 0.717) is 5.54 Å². The van der Waals surface area contributed by atoms with Gasteiger partial charge in [0.1, 0.15) is 8.83 Å². The average Bonchev–Trinajstić information content (AvgIpc) is 2.36. The molecule has 2 aromatic carbocycles. The van der Waals surface area contributed by atoms with Crippen LogP contribution in [0.15, 0.2) is 48.5 Å². The Kier molecular flexibility index (Phi) is 4.03. The summed E-state index contributed by atoms with van der Waals surface area (Å²) in [5, 5.41) is 0. The summed E-state index contributed by atoms with van der Waals surface area (Å²) in [6.45, 7) is 4.31. The molecule has 0 saturated heterocycles. The first-order chi connectivity index (χ1) is 8.22. The number of rotatable bonds is 3. The molecule has 0 amide bonds. The third-order valence-electron chi connectivity index (χ3n) is 3.29. The summed E-state index contributed by atoms with van der Waals surface area (Å²) in [7, 11) is -0.625. The summed E-state index contributed by atoms with van der Waals surface area (Å²) in [5.41, 5.74) is 5.83. The van der Waals surface area contributed by atoms with Gasteiger partial charge in [0.15, 0.2) is 0 Å². The molecule has 0 saturated carbocycles. The van der Waals surface area contributed by atoms with Crippen LogP contribution >= 0.6 is 11.1 Å². The molecule has 0 bridgehead atoms. The molecule has 2 rings (SSSR count). The van der Waals surface area contributed by atoms with Crippen molar-refractivity contribution in [2.75, 3.05) is 0 Å². The third-order valence-corrected chi connectivity index (χ3v) is 5.47. The zero-order chi connectivity index (χ0) is 12.3. The molecule has 0 radical (unpaired) electrons. The first-order valence-corrected chi connectivity index (χ1v) is 8.86. The Bertz CT molecular complexity index is 494. The summed E-state index contributed by atoms with van der Waals surface area (Å²) in [6, 6.07) is 17.3. The fourth-order valence-corrected chi connectivity index (χ4v) is 3.99. The van der Waals surface area contributed by atoms with Gasteiger partial charge in [-0.1, -0.05) is 48.5 Å². The van der Waals surface area contributed by atoms with Gasteiger partial charge in [0.25, 0.3) is 0 Å². The van der Waals surface area contributed by atoms with Crippen molar-refractivity contribution in [2.45, 2.75) is 19.4 Å². The summed E-state index contributed by atoms with van der Waals surface area (Å²) in [4.78, 5) is 0. The van der Waals surface area contributed by atoms with Crippen molar-refractivity contribution in [3.8, 4) is 0 Å². The highest BCUT2D eigenvalue weighted by atomic mass is 35.6.